The van der Waals surface area contributed by atoms with Crippen LogP contribution in [0.15, 0.2) is 15.3 Å². The molecule has 30 heavy (non-hydrogen) atoms. The fourth-order valence-electron chi connectivity index (χ4n) is 4.89. The molecule has 7 heteroatoms. The summed E-state index contributed by atoms with van der Waals surface area (Å²) in [5.74, 6) is 1.94. The molecule has 2 aliphatic carbocycles. The van der Waals surface area contributed by atoms with Crippen molar-refractivity contribution in [1.82, 2.24) is 15.2 Å². The van der Waals surface area contributed by atoms with E-state index >= 15 is 0 Å². The van der Waals surface area contributed by atoms with Crippen molar-refractivity contribution in [3.05, 3.63) is 16.8 Å². The number of nitrogens with one attached hydrogen (secondary N) is 1. The van der Waals surface area contributed by atoms with Gasteiger partial charge in [0.05, 0.1) is 6.20 Å². The number of Topliss-reactive ketones (excluding diaryl/α,β-unsaturated/α-hetero) is 1. The van der Waals surface area contributed by atoms with Crippen LogP contribution in [0.3, 0.4) is 0 Å². The molecule has 1 aliphatic heterocycles. The molecule has 2 heterocycles. The number of likely N-dealkylation sites (tertiary alicyclic amines) is 1. The Kier molecular flexibility index (Phi) is 6.98. The SMILES string of the molecule is CN1CCC2(CC1)C[C@@H]2C(=O)NC(CCCCCC(=O)CC1CC1)c1ncc(Br)o1. The normalized spacial score (nSPS) is 24.0. The number of unbranched alkanes of at least 4 members (excludes halogenated alkanes) is 2. The lowest BCUT2D eigenvalue weighted by molar-refractivity contribution is -0.124. The first-order valence-corrected chi connectivity index (χ1v) is 12.4. The molecule has 3 aliphatic rings. The molecule has 1 N–H and O–H groups in total. The van der Waals surface area contributed by atoms with Crippen LogP contribution >= 0.6 is 15.9 Å². The molecular formula is C23H34BrN3O3. The monoisotopic (exact) mass is 479 g/mol. The van der Waals surface area contributed by atoms with Crippen molar-refractivity contribution >= 4 is 27.6 Å². The maximum atomic E-state index is 13.0. The van der Waals surface area contributed by atoms with Gasteiger partial charge in [0, 0.05) is 18.8 Å². The van der Waals surface area contributed by atoms with E-state index in [4.69, 9.17) is 4.42 Å². The fraction of sp³-hybridized carbons (Fsp3) is 0.783. The van der Waals surface area contributed by atoms with Crippen LogP contribution in [0.5, 0.6) is 0 Å². The Bertz CT molecular complexity index is 753. The van der Waals surface area contributed by atoms with Crippen LogP contribution in [0, 0.1) is 17.3 Å². The van der Waals surface area contributed by atoms with Gasteiger partial charge in [0.15, 0.2) is 4.67 Å². The molecule has 0 radical (unpaired) electrons. The van der Waals surface area contributed by atoms with Crippen LogP contribution in [-0.2, 0) is 9.59 Å². The summed E-state index contributed by atoms with van der Waals surface area (Å²) in [5.41, 5.74) is 0.222. The lowest BCUT2D eigenvalue weighted by atomic mass is 9.91. The first-order chi connectivity index (χ1) is 14.4. The van der Waals surface area contributed by atoms with Gasteiger partial charge in [0.2, 0.25) is 11.8 Å². The summed E-state index contributed by atoms with van der Waals surface area (Å²) >= 11 is 3.32. The first kappa shape index (κ1) is 22.0. The van der Waals surface area contributed by atoms with Crippen molar-refractivity contribution in [2.45, 2.75) is 76.7 Å². The Hall–Kier alpha value is -1.21. The van der Waals surface area contributed by atoms with Crippen molar-refractivity contribution < 1.29 is 14.0 Å². The van der Waals surface area contributed by atoms with Gasteiger partial charge in [0.25, 0.3) is 0 Å². The van der Waals surface area contributed by atoms with Gasteiger partial charge >= 0.3 is 0 Å². The van der Waals surface area contributed by atoms with Gasteiger partial charge in [0.1, 0.15) is 11.8 Å². The maximum absolute atomic E-state index is 13.0. The second-order valence-corrected chi connectivity index (χ2v) is 10.6. The average Bonchev–Trinajstić information content (AvgIpc) is 3.62. The minimum absolute atomic E-state index is 0.132. The Balaban J connectivity index is 1.24. The predicted molar refractivity (Wildman–Crippen MR) is 118 cm³/mol. The fourth-order valence-corrected chi connectivity index (χ4v) is 5.15. The number of ketones is 1. The quantitative estimate of drug-likeness (QED) is 0.467. The van der Waals surface area contributed by atoms with Crippen molar-refractivity contribution in [3.8, 4) is 0 Å². The molecule has 1 amide bonds. The lowest BCUT2D eigenvalue weighted by Crippen LogP contribution is -2.36. The molecule has 1 unspecified atom stereocenters. The second-order valence-electron chi connectivity index (χ2n) is 9.77. The summed E-state index contributed by atoms with van der Waals surface area (Å²) in [4.78, 5) is 31.6. The first-order valence-electron chi connectivity index (χ1n) is 11.6. The molecule has 1 aromatic rings. The van der Waals surface area contributed by atoms with Gasteiger partial charge in [-0.3, -0.25) is 9.59 Å². The van der Waals surface area contributed by atoms with E-state index in [0.717, 1.165) is 64.5 Å². The standard InChI is InChI=1S/C23H34BrN3O3/c1-27-11-9-23(10-12-27)14-18(23)21(29)26-19(22-25-15-20(24)30-22)6-4-2-3-5-17(28)13-16-7-8-16/h15-16,18-19H,2-14H2,1H3,(H,26,29)/t18-,19?/m1/s1. The lowest BCUT2D eigenvalue weighted by Gasteiger charge is -2.30. The van der Waals surface area contributed by atoms with Crippen molar-refractivity contribution in [2.75, 3.05) is 20.1 Å². The van der Waals surface area contributed by atoms with Crippen molar-refractivity contribution in [1.29, 1.82) is 0 Å². The summed E-state index contributed by atoms with van der Waals surface area (Å²) in [6.45, 7) is 2.17. The highest BCUT2D eigenvalue weighted by Gasteiger charge is 2.58. The topological polar surface area (TPSA) is 75.4 Å². The number of piperidine rings is 1. The zero-order valence-electron chi connectivity index (χ0n) is 18.0. The molecule has 1 spiro atoms. The molecule has 1 saturated heterocycles. The van der Waals surface area contributed by atoms with Crippen LogP contribution in [0.2, 0.25) is 0 Å². The summed E-state index contributed by atoms with van der Waals surface area (Å²) in [6, 6.07) is -0.199. The molecule has 6 nitrogen and oxygen atoms in total. The van der Waals surface area contributed by atoms with Gasteiger partial charge in [-0.2, -0.15) is 0 Å². The Labute approximate surface area is 187 Å². The number of nitrogens with zero attached hydrogens (tertiary/aromatic N) is 2. The van der Waals surface area contributed by atoms with Gasteiger partial charge < -0.3 is 14.6 Å². The van der Waals surface area contributed by atoms with E-state index < -0.39 is 0 Å². The van der Waals surface area contributed by atoms with Crippen LogP contribution in [-0.4, -0.2) is 41.7 Å². The Morgan fingerprint density at radius 1 is 1.30 bits per heavy atom. The highest BCUT2D eigenvalue weighted by atomic mass is 79.9. The smallest absolute Gasteiger partial charge is 0.224 e. The van der Waals surface area contributed by atoms with Crippen molar-refractivity contribution in [2.24, 2.45) is 17.3 Å². The molecule has 2 atom stereocenters. The van der Waals surface area contributed by atoms with E-state index in [-0.39, 0.29) is 23.3 Å². The third-order valence-electron chi connectivity index (χ3n) is 7.26. The van der Waals surface area contributed by atoms with Gasteiger partial charge in [-0.05, 0) is 92.3 Å². The number of hydrogen-bond donors (Lipinski definition) is 1. The zero-order chi connectivity index (χ0) is 21.1. The van der Waals surface area contributed by atoms with E-state index in [0.29, 0.717) is 28.7 Å². The van der Waals surface area contributed by atoms with Gasteiger partial charge in [-0.25, -0.2) is 4.98 Å². The number of amides is 1. The number of halogens is 1. The van der Waals surface area contributed by atoms with E-state index in [9.17, 15) is 9.59 Å². The van der Waals surface area contributed by atoms with E-state index in [1.165, 1.54) is 12.8 Å². The van der Waals surface area contributed by atoms with Crippen LogP contribution in [0.25, 0.3) is 0 Å². The summed E-state index contributed by atoms with van der Waals surface area (Å²) in [7, 11) is 2.15. The minimum Gasteiger partial charge on any atom is -0.432 e. The van der Waals surface area contributed by atoms with Crippen LogP contribution in [0.4, 0.5) is 0 Å². The molecule has 0 bridgehead atoms. The molecule has 166 valence electrons. The number of carbonyl (C=O) groups excluding carboxylic acids is 2. The van der Waals surface area contributed by atoms with Crippen molar-refractivity contribution in [3.63, 3.8) is 0 Å². The highest BCUT2D eigenvalue weighted by molar-refractivity contribution is 9.10. The summed E-state index contributed by atoms with van der Waals surface area (Å²) in [6.07, 6.45) is 12.5. The Morgan fingerprint density at radius 3 is 2.73 bits per heavy atom. The number of aromatic nitrogens is 1. The van der Waals surface area contributed by atoms with Crippen LogP contribution in [0.1, 0.15) is 82.6 Å². The van der Waals surface area contributed by atoms with E-state index in [1.54, 1.807) is 6.20 Å². The highest BCUT2D eigenvalue weighted by Crippen LogP contribution is 2.59. The molecule has 2 saturated carbocycles. The molecule has 0 aromatic carbocycles. The maximum Gasteiger partial charge on any atom is 0.224 e. The predicted octanol–water partition coefficient (Wildman–Crippen LogP) is 4.65. The number of rotatable bonds is 11. The average molecular weight is 480 g/mol. The molecule has 3 fully saturated rings. The molecule has 1 aromatic heterocycles. The van der Waals surface area contributed by atoms with E-state index in [1.807, 2.05) is 0 Å². The molecule has 4 rings (SSSR count). The van der Waals surface area contributed by atoms with Gasteiger partial charge in [-0.1, -0.05) is 12.8 Å². The number of hydrogen-bond acceptors (Lipinski definition) is 5. The van der Waals surface area contributed by atoms with Crippen LogP contribution < -0.4 is 5.32 Å². The number of carbonyl (C=O) groups is 2. The Morgan fingerprint density at radius 2 is 2.07 bits per heavy atom. The largest absolute Gasteiger partial charge is 0.432 e. The minimum atomic E-state index is -0.199. The van der Waals surface area contributed by atoms with Gasteiger partial charge in [-0.15, -0.1) is 0 Å². The summed E-state index contributed by atoms with van der Waals surface area (Å²) < 4.78 is 6.26. The summed E-state index contributed by atoms with van der Waals surface area (Å²) in [5, 5.41) is 3.23. The number of oxazole rings is 1. The third kappa shape index (κ3) is 5.72. The second kappa shape index (κ2) is 9.51. The third-order valence-corrected chi connectivity index (χ3v) is 7.63. The van der Waals surface area contributed by atoms with E-state index in [2.05, 4.69) is 38.2 Å². The molecular weight excluding hydrogens is 446 g/mol. The zero-order valence-corrected chi connectivity index (χ0v) is 19.6.